The van der Waals surface area contributed by atoms with E-state index in [-0.39, 0.29) is 5.41 Å². The number of aliphatic hydroxyl groups is 1. The zero-order valence-electron chi connectivity index (χ0n) is 10.7. The standard InChI is InChI=1S/C14H23NO/c1-13(2,3)11-5-7-12(8-6-11)14(4,16)9-10-15/h5-8,16H,9-10,15H2,1-4H3. The highest BCUT2D eigenvalue weighted by molar-refractivity contribution is 5.30. The van der Waals surface area contributed by atoms with Gasteiger partial charge in [-0.15, -0.1) is 0 Å². The van der Waals surface area contributed by atoms with Crippen molar-refractivity contribution in [3.8, 4) is 0 Å². The van der Waals surface area contributed by atoms with Crippen LogP contribution in [0.1, 0.15) is 45.2 Å². The van der Waals surface area contributed by atoms with Gasteiger partial charge >= 0.3 is 0 Å². The maximum atomic E-state index is 10.2. The third-order valence-electron chi connectivity index (χ3n) is 3.00. The van der Waals surface area contributed by atoms with Gasteiger partial charge in [-0.25, -0.2) is 0 Å². The molecule has 0 aliphatic heterocycles. The Morgan fingerprint density at radius 1 is 1.00 bits per heavy atom. The molecule has 0 aliphatic carbocycles. The Morgan fingerprint density at radius 3 is 1.81 bits per heavy atom. The van der Waals surface area contributed by atoms with E-state index in [4.69, 9.17) is 5.73 Å². The van der Waals surface area contributed by atoms with Crippen molar-refractivity contribution < 1.29 is 5.11 Å². The molecule has 1 unspecified atom stereocenters. The van der Waals surface area contributed by atoms with Crippen molar-refractivity contribution in [1.29, 1.82) is 0 Å². The Kier molecular flexibility index (Phi) is 3.76. The van der Waals surface area contributed by atoms with Crippen LogP contribution in [-0.4, -0.2) is 11.7 Å². The molecular formula is C14H23NO. The van der Waals surface area contributed by atoms with Gasteiger partial charge in [-0.1, -0.05) is 45.0 Å². The van der Waals surface area contributed by atoms with Crippen LogP contribution >= 0.6 is 0 Å². The number of rotatable bonds is 3. The predicted molar refractivity (Wildman–Crippen MR) is 68.4 cm³/mol. The van der Waals surface area contributed by atoms with Crippen LogP contribution in [0, 0.1) is 0 Å². The molecule has 90 valence electrons. The number of nitrogens with two attached hydrogens (primary N) is 1. The second kappa shape index (κ2) is 4.56. The molecule has 0 saturated carbocycles. The second-order valence-corrected chi connectivity index (χ2v) is 5.64. The summed E-state index contributed by atoms with van der Waals surface area (Å²) in [6.45, 7) is 8.85. The summed E-state index contributed by atoms with van der Waals surface area (Å²) in [7, 11) is 0. The normalized spacial score (nSPS) is 15.9. The maximum absolute atomic E-state index is 10.2. The summed E-state index contributed by atoms with van der Waals surface area (Å²) >= 11 is 0. The van der Waals surface area contributed by atoms with Crippen molar-refractivity contribution in [2.24, 2.45) is 5.73 Å². The highest BCUT2D eigenvalue weighted by Crippen LogP contribution is 2.27. The molecule has 2 nitrogen and oxygen atoms in total. The van der Waals surface area contributed by atoms with Crippen LogP contribution in [0.2, 0.25) is 0 Å². The monoisotopic (exact) mass is 221 g/mol. The molecule has 0 fully saturated rings. The summed E-state index contributed by atoms with van der Waals surface area (Å²) in [6.07, 6.45) is 0.585. The molecule has 16 heavy (non-hydrogen) atoms. The fraction of sp³-hybridized carbons (Fsp3) is 0.571. The van der Waals surface area contributed by atoms with E-state index >= 15 is 0 Å². The summed E-state index contributed by atoms with van der Waals surface area (Å²) < 4.78 is 0. The highest BCUT2D eigenvalue weighted by atomic mass is 16.3. The van der Waals surface area contributed by atoms with E-state index in [0.717, 1.165) is 5.56 Å². The topological polar surface area (TPSA) is 46.2 Å². The van der Waals surface area contributed by atoms with Crippen molar-refractivity contribution in [3.05, 3.63) is 35.4 Å². The van der Waals surface area contributed by atoms with Crippen LogP contribution in [0.15, 0.2) is 24.3 Å². The molecule has 3 N–H and O–H groups in total. The molecule has 0 amide bonds. The molecule has 1 rings (SSSR count). The molecule has 0 saturated heterocycles. The molecular weight excluding hydrogens is 198 g/mol. The minimum atomic E-state index is -0.814. The van der Waals surface area contributed by atoms with E-state index in [1.807, 2.05) is 19.1 Å². The average Bonchev–Trinajstić information content (AvgIpc) is 2.16. The molecule has 2 heteroatoms. The first-order valence-electron chi connectivity index (χ1n) is 5.81. The quantitative estimate of drug-likeness (QED) is 0.824. The van der Waals surface area contributed by atoms with E-state index in [9.17, 15) is 5.11 Å². The second-order valence-electron chi connectivity index (χ2n) is 5.64. The molecule has 0 radical (unpaired) electrons. The van der Waals surface area contributed by atoms with Gasteiger partial charge in [0.15, 0.2) is 0 Å². The van der Waals surface area contributed by atoms with Gasteiger partial charge in [-0.05, 0) is 36.4 Å². The Hall–Kier alpha value is -0.860. The lowest BCUT2D eigenvalue weighted by molar-refractivity contribution is 0.0504. The van der Waals surface area contributed by atoms with Gasteiger partial charge in [-0.3, -0.25) is 0 Å². The molecule has 0 spiro atoms. The molecule has 1 atom stereocenters. The fourth-order valence-corrected chi connectivity index (χ4v) is 1.75. The van der Waals surface area contributed by atoms with Gasteiger partial charge in [0.05, 0.1) is 5.60 Å². The van der Waals surface area contributed by atoms with Gasteiger partial charge in [0.25, 0.3) is 0 Å². The third-order valence-corrected chi connectivity index (χ3v) is 3.00. The Morgan fingerprint density at radius 2 is 1.44 bits per heavy atom. The molecule has 1 aromatic rings. The summed E-state index contributed by atoms with van der Waals surface area (Å²) in [4.78, 5) is 0. The molecule has 0 bridgehead atoms. The first-order chi connectivity index (χ1) is 7.27. The van der Waals surface area contributed by atoms with Crippen LogP contribution in [0.25, 0.3) is 0 Å². The Balaban J connectivity index is 2.95. The summed E-state index contributed by atoms with van der Waals surface area (Å²) in [5, 5.41) is 10.2. The van der Waals surface area contributed by atoms with Crippen LogP contribution < -0.4 is 5.73 Å². The SMILES string of the molecule is CC(C)(C)c1ccc(C(C)(O)CCN)cc1. The van der Waals surface area contributed by atoms with Crippen LogP contribution in [0.5, 0.6) is 0 Å². The fourth-order valence-electron chi connectivity index (χ4n) is 1.75. The van der Waals surface area contributed by atoms with Crippen LogP contribution in [0.3, 0.4) is 0 Å². The zero-order chi connectivity index (χ0) is 12.4. The van der Waals surface area contributed by atoms with Crippen molar-refractivity contribution in [3.63, 3.8) is 0 Å². The van der Waals surface area contributed by atoms with E-state index in [0.29, 0.717) is 13.0 Å². The first kappa shape index (κ1) is 13.2. The third kappa shape index (κ3) is 3.06. The average molecular weight is 221 g/mol. The molecule has 0 aromatic heterocycles. The smallest absolute Gasteiger partial charge is 0.0880 e. The van der Waals surface area contributed by atoms with Gasteiger partial charge in [0.1, 0.15) is 0 Å². The lowest BCUT2D eigenvalue weighted by Crippen LogP contribution is -2.25. The van der Waals surface area contributed by atoms with Crippen LogP contribution in [0.4, 0.5) is 0 Å². The minimum Gasteiger partial charge on any atom is -0.385 e. The lowest BCUT2D eigenvalue weighted by atomic mass is 9.84. The number of hydrogen-bond acceptors (Lipinski definition) is 2. The first-order valence-corrected chi connectivity index (χ1v) is 5.81. The predicted octanol–water partition coefficient (Wildman–Crippen LogP) is 2.54. The van der Waals surface area contributed by atoms with Gasteiger partial charge in [0, 0.05) is 0 Å². The Bertz CT molecular complexity index is 333. The summed E-state index contributed by atoms with van der Waals surface area (Å²) in [5.74, 6) is 0. The van der Waals surface area contributed by atoms with E-state index in [2.05, 4.69) is 32.9 Å². The van der Waals surface area contributed by atoms with E-state index in [1.54, 1.807) is 0 Å². The largest absolute Gasteiger partial charge is 0.385 e. The number of benzene rings is 1. The van der Waals surface area contributed by atoms with E-state index < -0.39 is 5.60 Å². The molecule has 0 heterocycles. The highest BCUT2D eigenvalue weighted by Gasteiger charge is 2.22. The minimum absolute atomic E-state index is 0.151. The van der Waals surface area contributed by atoms with Crippen molar-refractivity contribution in [2.45, 2.75) is 45.1 Å². The van der Waals surface area contributed by atoms with Gasteiger partial charge in [-0.2, -0.15) is 0 Å². The maximum Gasteiger partial charge on any atom is 0.0880 e. The van der Waals surface area contributed by atoms with Crippen molar-refractivity contribution >= 4 is 0 Å². The van der Waals surface area contributed by atoms with E-state index in [1.165, 1.54) is 5.56 Å². The summed E-state index contributed by atoms with van der Waals surface area (Å²) in [6, 6.07) is 8.16. The van der Waals surface area contributed by atoms with Gasteiger partial charge < -0.3 is 10.8 Å². The lowest BCUT2D eigenvalue weighted by Gasteiger charge is -2.25. The number of hydrogen-bond donors (Lipinski definition) is 2. The molecule has 0 aliphatic rings. The van der Waals surface area contributed by atoms with Crippen molar-refractivity contribution in [1.82, 2.24) is 0 Å². The van der Waals surface area contributed by atoms with Crippen molar-refractivity contribution in [2.75, 3.05) is 6.54 Å². The summed E-state index contributed by atoms with van der Waals surface area (Å²) in [5.41, 5.74) is 7.04. The zero-order valence-corrected chi connectivity index (χ0v) is 10.7. The molecule has 1 aromatic carbocycles. The van der Waals surface area contributed by atoms with Crippen LogP contribution in [-0.2, 0) is 11.0 Å². The Labute approximate surface area is 98.5 Å². The van der Waals surface area contributed by atoms with Gasteiger partial charge in [0.2, 0.25) is 0 Å².